The third kappa shape index (κ3) is 9.73. The normalized spacial score (nSPS) is 26.9. The number of carbonyl (C=O) groups excluding carboxylic acids is 3. The van der Waals surface area contributed by atoms with Crippen LogP contribution in [0.5, 0.6) is 0 Å². The van der Waals surface area contributed by atoms with Gasteiger partial charge in [0.25, 0.3) is 0 Å². The molecule has 1 fully saturated rings. The first kappa shape index (κ1) is 25.4. The molecule has 1 aliphatic heterocycles. The topological polar surface area (TPSA) is 162 Å². The standard InChI is InChI=1S/C28H40N6O5/c1-34-19-24(36)39-28(18-12-15-22(28)31-25(29)30)17-11-6-4-2-3-5-10-16-23(35)32-26(34)33-27(37)38-20-21-13-8-7-9-14-21/h4,6-9,13-14,22H,2-3,5,10-12,15-20H2,1H3,(H4,29,30,31)(H,32,33,35,37)/b6-4-/i1D3. The van der Waals surface area contributed by atoms with E-state index in [1.165, 1.54) is 0 Å². The van der Waals surface area contributed by atoms with Crippen molar-refractivity contribution in [3.8, 4) is 0 Å². The van der Waals surface area contributed by atoms with Gasteiger partial charge in [-0.15, -0.1) is 4.99 Å². The summed E-state index contributed by atoms with van der Waals surface area (Å²) in [5.74, 6) is -2.20. The van der Waals surface area contributed by atoms with Gasteiger partial charge in [-0.2, -0.15) is 0 Å². The summed E-state index contributed by atoms with van der Waals surface area (Å²) in [5, 5.41) is 2.41. The molecule has 11 nitrogen and oxygen atoms in total. The number of esters is 1. The predicted molar refractivity (Wildman–Crippen MR) is 149 cm³/mol. The van der Waals surface area contributed by atoms with E-state index < -0.39 is 49.1 Å². The van der Waals surface area contributed by atoms with Crippen molar-refractivity contribution in [2.24, 2.45) is 21.5 Å². The number of carbonyl (C=O) groups is 3. The van der Waals surface area contributed by atoms with Gasteiger partial charge in [-0.25, -0.2) is 9.79 Å². The number of hydrogen-bond acceptors (Lipinski definition) is 6. The Labute approximate surface area is 233 Å². The fourth-order valence-electron chi connectivity index (χ4n) is 4.78. The van der Waals surface area contributed by atoms with Crippen LogP contribution < -0.4 is 16.8 Å². The summed E-state index contributed by atoms with van der Waals surface area (Å²) in [6.45, 7) is -3.92. The van der Waals surface area contributed by atoms with E-state index in [9.17, 15) is 14.4 Å². The summed E-state index contributed by atoms with van der Waals surface area (Å²) in [5.41, 5.74) is 11.0. The van der Waals surface area contributed by atoms with Gasteiger partial charge in [0.05, 0.1) is 6.04 Å². The number of allylic oxidation sites excluding steroid dienone is 2. The first-order chi connectivity index (χ1) is 20.0. The first-order valence-corrected chi connectivity index (χ1v) is 13.3. The monoisotopic (exact) mass is 543 g/mol. The Morgan fingerprint density at radius 1 is 1.15 bits per heavy atom. The van der Waals surface area contributed by atoms with Crippen molar-refractivity contribution in [2.75, 3.05) is 13.5 Å². The van der Waals surface area contributed by atoms with Crippen LogP contribution >= 0.6 is 0 Å². The molecule has 2 aliphatic rings. The minimum Gasteiger partial charge on any atom is -0.455 e. The molecule has 2 unspecified atom stereocenters. The molecule has 0 radical (unpaired) electrons. The van der Waals surface area contributed by atoms with Crippen LogP contribution in [0.4, 0.5) is 4.79 Å². The average molecular weight is 544 g/mol. The van der Waals surface area contributed by atoms with Gasteiger partial charge >= 0.3 is 12.1 Å². The third-order valence-electron chi connectivity index (χ3n) is 6.68. The number of hydrogen-bond donors (Lipinski definition) is 3. The number of aliphatic imine (C=N–C) groups is 2. The average Bonchev–Trinajstić information content (AvgIpc) is 3.29. The van der Waals surface area contributed by atoms with Crippen molar-refractivity contribution in [3.05, 3.63) is 48.0 Å². The molecule has 5 N–H and O–H groups in total. The van der Waals surface area contributed by atoms with E-state index in [0.717, 1.165) is 19.3 Å². The zero-order chi connectivity index (χ0) is 30.6. The fraction of sp³-hybridized carbons (Fsp3) is 0.536. The molecule has 1 aliphatic carbocycles. The SMILES string of the molecule is [2H]C([2H])([2H])N1CC(=O)OC2(CC/C=C\CCCCCC(=O)N/C1=N/C(=O)OCc1ccccc1)CCCC2N=C(N)N. The molecule has 0 saturated heterocycles. The molecule has 212 valence electrons. The maximum atomic E-state index is 13.4. The van der Waals surface area contributed by atoms with E-state index in [1.54, 1.807) is 30.3 Å². The molecule has 1 heterocycles. The largest absolute Gasteiger partial charge is 0.455 e. The summed E-state index contributed by atoms with van der Waals surface area (Å²) < 4.78 is 35.4. The maximum Gasteiger partial charge on any atom is 0.437 e. The van der Waals surface area contributed by atoms with Gasteiger partial charge in [0.2, 0.25) is 11.9 Å². The Kier molecular flexibility index (Phi) is 9.70. The van der Waals surface area contributed by atoms with Crippen LogP contribution in [-0.2, 0) is 25.7 Å². The number of likely N-dealkylation sites (N-methyl/N-ethyl adjacent to an activating group) is 1. The van der Waals surface area contributed by atoms with E-state index in [2.05, 4.69) is 21.4 Å². The molecule has 1 aromatic carbocycles. The molecule has 1 spiro atoms. The Morgan fingerprint density at radius 3 is 2.72 bits per heavy atom. The third-order valence-corrected chi connectivity index (χ3v) is 6.68. The number of guanidine groups is 2. The smallest absolute Gasteiger partial charge is 0.437 e. The number of nitrogens with zero attached hydrogens (tertiary/aromatic N) is 3. The van der Waals surface area contributed by atoms with Gasteiger partial charge < -0.3 is 25.8 Å². The zero-order valence-electron chi connectivity index (χ0n) is 25.1. The van der Waals surface area contributed by atoms with Crippen LogP contribution in [-0.4, -0.2) is 60.0 Å². The van der Waals surface area contributed by atoms with E-state index in [-0.39, 0.29) is 19.0 Å². The van der Waals surface area contributed by atoms with Crippen LogP contribution in [0.2, 0.25) is 0 Å². The predicted octanol–water partition coefficient (Wildman–Crippen LogP) is 3.14. The Bertz CT molecular complexity index is 1170. The van der Waals surface area contributed by atoms with Gasteiger partial charge in [-0.05, 0) is 56.9 Å². The lowest BCUT2D eigenvalue weighted by Gasteiger charge is -2.34. The molecular formula is C28H40N6O5. The second kappa shape index (κ2) is 14.9. The molecule has 2 amide bonds. The molecule has 3 rings (SSSR count). The van der Waals surface area contributed by atoms with Crippen molar-refractivity contribution in [2.45, 2.75) is 82.5 Å². The van der Waals surface area contributed by atoms with Gasteiger partial charge in [0.15, 0.2) is 5.96 Å². The Morgan fingerprint density at radius 2 is 1.95 bits per heavy atom. The van der Waals surface area contributed by atoms with Gasteiger partial charge in [-0.3, -0.25) is 14.9 Å². The van der Waals surface area contributed by atoms with Gasteiger partial charge in [0, 0.05) is 17.5 Å². The van der Waals surface area contributed by atoms with Crippen LogP contribution in [0.1, 0.15) is 73.9 Å². The fourth-order valence-corrected chi connectivity index (χ4v) is 4.78. The van der Waals surface area contributed by atoms with Crippen molar-refractivity contribution in [1.29, 1.82) is 0 Å². The second-order valence-electron chi connectivity index (χ2n) is 9.72. The number of ether oxygens (including phenoxy) is 2. The quantitative estimate of drug-likeness (QED) is 0.227. The molecule has 1 aromatic rings. The minimum absolute atomic E-state index is 0.0738. The number of nitrogens with one attached hydrogen (secondary N) is 1. The molecule has 39 heavy (non-hydrogen) atoms. The first-order valence-electron chi connectivity index (χ1n) is 14.8. The lowest BCUT2D eigenvalue weighted by Crippen LogP contribution is -2.48. The van der Waals surface area contributed by atoms with Crippen LogP contribution in [0.15, 0.2) is 52.5 Å². The summed E-state index contributed by atoms with van der Waals surface area (Å²) in [7, 11) is 0. The minimum atomic E-state index is -2.97. The molecule has 2 atom stereocenters. The lowest BCUT2D eigenvalue weighted by molar-refractivity contribution is -0.161. The molecular weight excluding hydrogens is 500 g/mol. The highest BCUT2D eigenvalue weighted by molar-refractivity contribution is 6.01. The Balaban J connectivity index is 1.92. The van der Waals surface area contributed by atoms with Crippen molar-refractivity contribution >= 4 is 29.9 Å². The Hall–Kier alpha value is -3.89. The highest BCUT2D eigenvalue weighted by atomic mass is 16.6. The van der Waals surface area contributed by atoms with Crippen molar-refractivity contribution < 1.29 is 28.0 Å². The lowest BCUT2D eigenvalue weighted by atomic mass is 9.91. The van der Waals surface area contributed by atoms with E-state index in [1.807, 2.05) is 6.08 Å². The van der Waals surface area contributed by atoms with Crippen molar-refractivity contribution in [1.82, 2.24) is 10.2 Å². The van der Waals surface area contributed by atoms with Crippen molar-refractivity contribution in [3.63, 3.8) is 0 Å². The maximum absolute atomic E-state index is 13.4. The zero-order valence-corrected chi connectivity index (χ0v) is 22.1. The van der Waals surface area contributed by atoms with Gasteiger partial charge in [-0.1, -0.05) is 48.9 Å². The van der Waals surface area contributed by atoms with E-state index in [4.69, 9.17) is 25.1 Å². The van der Waals surface area contributed by atoms with Gasteiger partial charge in [0.1, 0.15) is 18.8 Å². The van der Waals surface area contributed by atoms with E-state index in [0.29, 0.717) is 49.0 Å². The summed E-state index contributed by atoms with van der Waals surface area (Å²) >= 11 is 0. The second-order valence-corrected chi connectivity index (χ2v) is 9.72. The van der Waals surface area contributed by atoms with Crippen LogP contribution in [0, 0.1) is 0 Å². The van der Waals surface area contributed by atoms with Crippen LogP contribution in [0.25, 0.3) is 0 Å². The summed E-state index contributed by atoms with van der Waals surface area (Å²) in [4.78, 5) is 47.5. The highest BCUT2D eigenvalue weighted by Crippen LogP contribution is 2.40. The molecule has 0 bridgehead atoms. The number of nitrogens with two attached hydrogens (primary N) is 2. The molecule has 1 saturated carbocycles. The highest BCUT2D eigenvalue weighted by Gasteiger charge is 2.46. The van der Waals surface area contributed by atoms with Crippen LogP contribution in [0.3, 0.4) is 0 Å². The van der Waals surface area contributed by atoms with E-state index >= 15 is 0 Å². The summed E-state index contributed by atoms with van der Waals surface area (Å²) in [6, 6.07) is 8.33. The summed E-state index contributed by atoms with van der Waals surface area (Å²) in [6.07, 6.45) is 8.84. The molecule has 11 heteroatoms. The number of rotatable bonds is 3. The molecule has 0 aromatic heterocycles. The number of benzene rings is 1. The number of amides is 2.